The fourth-order valence-corrected chi connectivity index (χ4v) is 2.23. The highest BCUT2D eigenvalue weighted by Gasteiger charge is 2.31. The van der Waals surface area contributed by atoms with Crippen molar-refractivity contribution in [1.29, 1.82) is 0 Å². The van der Waals surface area contributed by atoms with Gasteiger partial charge < -0.3 is 14.4 Å². The fraction of sp³-hybridized carbons (Fsp3) is 0.571. The Morgan fingerprint density at radius 3 is 2.24 bits per heavy atom. The van der Waals surface area contributed by atoms with E-state index < -0.39 is 0 Å². The molecule has 0 aromatic heterocycles. The molecule has 3 rings (SSSR count). The van der Waals surface area contributed by atoms with Gasteiger partial charge in [0.2, 0.25) is 0 Å². The highest BCUT2D eigenvalue weighted by atomic mass is 16.6. The van der Waals surface area contributed by atoms with E-state index >= 15 is 0 Å². The van der Waals surface area contributed by atoms with Crippen LogP contribution in [0.3, 0.4) is 0 Å². The van der Waals surface area contributed by atoms with E-state index in [0.717, 1.165) is 32.7 Å². The summed E-state index contributed by atoms with van der Waals surface area (Å²) in [5.74, 6) is 0. The molecular weight excluding hydrogens is 214 g/mol. The Labute approximate surface area is 102 Å². The van der Waals surface area contributed by atoms with Crippen LogP contribution in [0.25, 0.3) is 0 Å². The summed E-state index contributed by atoms with van der Waals surface area (Å²) in [6.07, 6.45) is 1.93. The van der Waals surface area contributed by atoms with Gasteiger partial charge in [0.05, 0.1) is 25.4 Å². The number of ether oxygens (including phenoxy) is 2. The van der Waals surface area contributed by atoms with Crippen molar-refractivity contribution in [2.24, 2.45) is 0 Å². The van der Waals surface area contributed by atoms with E-state index in [4.69, 9.17) is 9.47 Å². The number of benzene rings is 1. The first kappa shape index (κ1) is 11.1. The highest BCUT2D eigenvalue weighted by Crippen LogP contribution is 2.25. The van der Waals surface area contributed by atoms with Gasteiger partial charge in [-0.3, -0.25) is 0 Å². The molecule has 1 aromatic carbocycles. The molecule has 2 aliphatic heterocycles. The molecule has 2 fully saturated rings. The molecule has 2 aliphatic rings. The van der Waals surface area contributed by atoms with E-state index in [-0.39, 0.29) is 0 Å². The maximum atomic E-state index is 5.35. The van der Waals surface area contributed by atoms with Crippen LogP contribution in [0.15, 0.2) is 24.3 Å². The molecule has 3 heteroatoms. The second kappa shape index (κ2) is 4.67. The minimum Gasteiger partial charge on any atom is -0.371 e. The Hall–Kier alpha value is -1.06. The predicted molar refractivity (Wildman–Crippen MR) is 67.5 cm³/mol. The van der Waals surface area contributed by atoms with E-state index in [0.29, 0.717) is 12.2 Å². The lowest BCUT2D eigenvalue weighted by Gasteiger charge is -2.25. The van der Waals surface area contributed by atoms with Gasteiger partial charge in [-0.25, -0.2) is 0 Å². The third kappa shape index (κ3) is 2.79. The van der Waals surface area contributed by atoms with E-state index in [1.807, 2.05) is 0 Å². The molecule has 0 bridgehead atoms. The molecular formula is C14H19NO2. The number of aryl methyl sites for hydroxylation is 1. The summed E-state index contributed by atoms with van der Waals surface area (Å²) in [5.41, 5.74) is 2.76. The molecule has 17 heavy (non-hydrogen) atoms. The van der Waals surface area contributed by atoms with Gasteiger partial charge in [0.1, 0.15) is 0 Å². The van der Waals surface area contributed by atoms with Gasteiger partial charge in [-0.2, -0.15) is 0 Å². The molecule has 0 radical (unpaired) electrons. The average molecular weight is 233 g/mol. The average Bonchev–Trinajstić information content (AvgIpc) is 3.23. The monoisotopic (exact) mass is 233 g/mol. The molecule has 0 aliphatic carbocycles. The quantitative estimate of drug-likeness (QED) is 0.702. The molecule has 0 spiro atoms. The number of nitrogens with zero attached hydrogens (tertiary/aromatic N) is 1. The van der Waals surface area contributed by atoms with Crippen LogP contribution in [0.5, 0.6) is 0 Å². The Balaban J connectivity index is 1.78. The summed E-state index contributed by atoms with van der Waals surface area (Å²) in [6.45, 7) is 6.03. The van der Waals surface area contributed by atoms with Crippen molar-refractivity contribution in [2.75, 3.05) is 31.2 Å². The summed E-state index contributed by atoms with van der Waals surface area (Å²) in [6, 6.07) is 8.65. The summed E-state index contributed by atoms with van der Waals surface area (Å²) in [7, 11) is 0. The van der Waals surface area contributed by atoms with Gasteiger partial charge in [-0.1, -0.05) is 25.1 Å². The van der Waals surface area contributed by atoms with Gasteiger partial charge in [0.25, 0.3) is 0 Å². The predicted octanol–water partition coefficient (Wildman–Crippen LogP) is 1.85. The fourth-order valence-electron chi connectivity index (χ4n) is 2.23. The van der Waals surface area contributed by atoms with Crippen LogP contribution in [-0.2, 0) is 15.9 Å². The Morgan fingerprint density at radius 2 is 1.71 bits per heavy atom. The first-order chi connectivity index (χ1) is 8.36. The first-order valence-electron chi connectivity index (χ1n) is 6.43. The van der Waals surface area contributed by atoms with Crippen molar-refractivity contribution in [3.8, 4) is 0 Å². The van der Waals surface area contributed by atoms with Crippen molar-refractivity contribution in [1.82, 2.24) is 0 Å². The lowest BCUT2D eigenvalue weighted by molar-refractivity contribution is 0.389. The maximum Gasteiger partial charge on any atom is 0.0984 e. The third-order valence-corrected chi connectivity index (χ3v) is 3.37. The molecule has 2 saturated heterocycles. The Bertz CT molecular complexity index is 372. The van der Waals surface area contributed by atoms with Crippen molar-refractivity contribution in [3.63, 3.8) is 0 Å². The van der Waals surface area contributed by atoms with Crippen LogP contribution in [0, 0.1) is 0 Å². The second-order valence-electron chi connectivity index (χ2n) is 4.80. The van der Waals surface area contributed by atoms with Crippen molar-refractivity contribution < 1.29 is 9.47 Å². The van der Waals surface area contributed by atoms with Crippen molar-refractivity contribution in [3.05, 3.63) is 29.8 Å². The zero-order chi connectivity index (χ0) is 11.7. The van der Waals surface area contributed by atoms with Crippen molar-refractivity contribution in [2.45, 2.75) is 25.6 Å². The molecule has 2 heterocycles. The van der Waals surface area contributed by atoms with Gasteiger partial charge in [0.15, 0.2) is 0 Å². The molecule has 0 amide bonds. The minimum atomic E-state index is 0.429. The number of para-hydroxylation sites is 1. The zero-order valence-corrected chi connectivity index (χ0v) is 10.3. The van der Waals surface area contributed by atoms with Gasteiger partial charge in [-0.05, 0) is 18.1 Å². The second-order valence-corrected chi connectivity index (χ2v) is 4.80. The van der Waals surface area contributed by atoms with Gasteiger partial charge in [0, 0.05) is 18.8 Å². The molecule has 0 N–H and O–H groups in total. The standard InChI is InChI=1S/C14H19NO2/c1-2-11-5-3-4-6-14(11)15(7-12-9-16-12)8-13-10-17-13/h3-6,12-13H,2,7-10H2,1H3. The van der Waals surface area contributed by atoms with Crippen molar-refractivity contribution >= 4 is 5.69 Å². The van der Waals surface area contributed by atoms with Crippen LogP contribution < -0.4 is 4.90 Å². The smallest absolute Gasteiger partial charge is 0.0984 e. The van der Waals surface area contributed by atoms with E-state index in [1.54, 1.807) is 0 Å². The van der Waals surface area contributed by atoms with E-state index in [2.05, 4.69) is 36.1 Å². The van der Waals surface area contributed by atoms with Crippen LogP contribution in [0.2, 0.25) is 0 Å². The Kier molecular flexibility index (Phi) is 3.04. The third-order valence-electron chi connectivity index (χ3n) is 3.37. The number of epoxide rings is 2. The number of hydrogen-bond acceptors (Lipinski definition) is 3. The summed E-state index contributed by atoms with van der Waals surface area (Å²) < 4.78 is 10.7. The van der Waals surface area contributed by atoms with Gasteiger partial charge >= 0.3 is 0 Å². The summed E-state index contributed by atoms with van der Waals surface area (Å²) >= 11 is 0. The summed E-state index contributed by atoms with van der Waals surface area (Å²) in [5, 5.41) is 0. The molecule has 3 nitrogen and oxygen atoms in total. The maximum absolute atomic E-state index is 5.35. The van der Waals surface area contributed by atoms with Crippen LogP contribution >= 0.6 is 0 Å². The molecule has 92 valence electrons. The molecule has 0 saturated carbocycles. The number of rotatable bonds is 6. The SMILES string of the molecule is CCc1ccccc1N(CC1CO1)CC1CO1. The topological polar surface area (TPSA) is 28.3 Å². The number of hydrogen-bond donors (Lipinski definition) is 0. The first-order valence-corrected chi connectivity index (χ1v) is 6.43. The zero-order valence-electron chi connectivity index (χ0n) is 10.3. The van der Waals surface area contributed by atoms with Crippen LogP contribution in [-0.4, -0.2) is 38.5 Å². The van der Waals surface area contributed by atoms with Crippen LogP contribution in [0.1, 0.15) is 12.5 Å². The van der Waals surface area contributed by atoms with Crippen LogP contribution in [0.4, 0.5) is 5.69 Å². The lowest BCUT2D eigenvalue weighted by atomic mass is 10.1. The highest BCUT2D eigenvalue weighted by molar-refractivity contribution is 5.54. The molecule has 2 unspecified atom stereocenters. The minimum absolute atomic E-state index is 0.429. The Morgan fingerprint density at radius 1 is 1.12 bits per heavy atom. The largest absolute Gasteiger partial charge is 0.371 e. The molecule has 1 aromatic rings. The van der Waals surface area contributed by atoms with E-state index in [9.17, 15) is 0 Å². The number of anilines is 1. The lowest BCUT2D eigenvalue weighted by Crippen LogP contribution is -2.32. The normalized spacial score (nSPS) is 25.7. The van der Waals surface area contributed by atoms with E-state index in [1.165, 1.54) is 11.3 Å². The summed E-state index contributed by atoms with van der Waals surface area (Å²) in [4.78, 5) is 2.42. The molecule has 2 atom stereocenters. The van der Waals surface area contributed by atoms with Gasteiger partial charge in [-0.15, -0.1) is 0 Å².